The van der Waals surface area contributed by atoms with E-state index in [1.165, 1.54) is 13.8 Å². The zero-order valence-corrected chi connectivity index (χ0v) is 21.2. The third-order valence-electron chi connectivity index (χ3n) is 7.09. The van der Waals surface area contributed by atoms with Crippen LogP contribution in [-0.4, -0.2) is 38.9 Å². The maximum Gasteiger partial charge on any atom is 0.347 e. The fourth-order valence-electron chi connectivity index (χ4n) is 4.93. The average molecular weight is 488 g/mol. The number of carboxylic acid groups (broad SMARTS) is 1. The largest absolute Gasteiger partial charge is 0.478 e. The van der Waals surface area contributed by atoms with Gasteiger partial charge in [-0.2, -0.15) is 5.26 Å². The minimum atomic E-state index is -1.40. The number of carbonyl (C=O) groups is 2. The highest BCUT2D eigenvalue weighted by molar-refractivity contribution is 6.08. The Morgan fingerprint density at radius 2 is 1.89 bits per heavy atom. The Hall–Kier alpha value is -3.66. The monoisotopic (exact) mass is 487 g/mol. The van der Waals surface area contributed by atoms with Gasteiger partial charge in [-0.05, 0) is 62.4 Å². The number of unbranched alkanes of at least 4 members (excludes halogenated alkanes) is 1. The Labute approximate surface area is 212 Å². The van der Waals surface area contributed by atoms with Gasteiger partial charge < -0.3 is 9.84 Å². The zero-order valence-electron chi connectivity index (χ0n) is 21.2. The van der Waals surface area contributed by atoms with Crippen molar-refractivity contribution in [1.29, 1.82) is 5.26 Å². The molecule has 2 aromatic carbocycles. The van der Waals surface area contributed by atoms with Crippen LogP contribution >= 0.6 is 0 Å². The molecule has 1 saturated carbocycles. The summed E-state index contributed by atoms with van der Waals surface area (Å²) in [5, 5.41) is 19.0. The van der Waals surface area contributed by atoms with Crippen molar-refractivity contribution in [2.75, 3.05) is 0 Å². The van der Waals surface area contributed by atoms with Crippen LogP contribution in [0, 0.1) is 11.3 Å². The normalized spacial score (nSPS) is 16.8. The molecule has 0 atom stereocenters. The summed E-state index contributed by atoms with van der Waals surface area (Å²) < 4.78 is 5.67. The summed E-state index contributed by atoms with van der Waals surface area (Å²) in [5.41, 5.74) is 0.989. The van der Waals surface area contributed by atoms with Gasteiger partial charge in [0, 0.05) is 12.0 Å². The highest BCUT2D eigenvalue weighted by Crippen LogP contribution is 2.40. The van der Waals surface area contributed by atoms with Crippen molar-refractivity contribution in [2.45, 2.75) is 83.4 Å². The van der Waals surface area contributed by atoms with E-state index < -0.39 is 17.1 Å². The Morgan fingerprint density at radius 3 is 2.50 bits per heavy atom. The second-order valence-electron chi connectivity index (χ2n) is 10.2. The maximum atomic E-state index is 13.4. The smallest absolute Gasteiger partial charge is 0.347 e. The molecule has 1 aliphatic carbocycles. The SMILES string of the molecule is CCCCC1=NC2(CCCC2)C(=O)N1Cc1ccc(-c2cc(OC(C)(C)C(=O)O)ccc2C#N)cc1. The van der Waals surface area contributed by atoms with E-state index in [4.69, 9.17) is 9.73 Å². The van der Waals surface area contributed by atoms with E-state index in [0.717, 1.165) is 61.9 Å². The lowest BCUT2D eigenvalue weighted by Gasteiger charge is -2.23. The van der Waals surface area contributed by atoms with Crippen molar-refractivity contribution in [2.24, 2.45) is 4.99 Å². The maximum absolute atomic E-state index is 13.4. The first kappa shape index (κ1) is 25.4. The molecule has 188 valence electrons. The van der Waals surface area contributed by atoms with Gasteiger partial charge in [0.1, 0.15) is 17.1 Å². The number of hydrogen-bond donors (Lipinski definition) is 1. The molecule has 1 spiro atoms. The summed E-state index contributed by atoms with van der Waals surface area (Å²) >= 11 is 0. The van der Waals surface area contributed by atoms with E-state index in [1.54, 1.807) is 18.2 Å². The molecule has 4 rings (SSSR count). The van der Waals surface area contributed by atoms with Crippen molar-refractivity contribution in [3.63, 3.8) is 0 Å². The zero-order chi connectivity index (χ0) is 25.9. The lowest BCUT2D eigenvalue weighted by Crippen LogP contribution is -2.40. The Kier molecular flexibility index (Phi) is 7.16. The number of carbonyl (C=O) groups excluding carboxylic acids is 1. The van der Waals surface area contributed by atoms with E-state index in [-0.39, 0.29) is 5.91 Å². The number of amides is 1. The fraction of sp³-hybridized carbons (Fsp3) is 0.448. The van der Waals surface area contributed by atoms with Gasteiger partial charge in [0.25, 0.3) is 5.91 Å². The summed E-state index contributed by atoms with van der Waals surface area (Å²) in [6, 6.07) is 14.9. The molecule has 1 fully saturated rings. The fourth-order valence-corrected chi connectivity index (χ4v) is 4.93. The van der Waals surface area contributed by atoms with Crippen LogP contribution < -0.4 is 4.74 Å². The third-order valence-corrected chi connectivity index (χ3v) is 7.09. The number of aliphatic carboxylic acids is 1. The number of carboxylic acids is 1. The molecule has 0 unspecified atom stereocenters. The van der Waals surface area contributed by atoms with E-state index in [1.807, 2.05) is 29.2 Å². The van der Waals surface area contributed by atoms with Crippen molar-refractivity contribution >= 4 is 17.7 Å². The quantitative estimate of drug-likeness (QED) is 0.488. The molecular weight excluding hydrogens is 454 g/mol. The standard InChI is InChI=1S/C29H33N3O4/c1-4-5-8-25-31-29(15-6-7-16-29)26(33)32(25)19-20-9-11-21(12-10-20)24-17-23(14-13-22(24)18-30)36-28(2,3)27(34)35/h9-14,17H,4-8,15-16,19H2,1-3H3,(H,34,35). The van der Waals surface area contributed by atoms with Crippen LogP contribution in [0.2, 0.25) is 0 Å². The average Bonchev–Trinajstić information content (AvgIpc) is 3.43. The number of aliphatic imine (C=N–C) groups is 1. The molecule has 7 nitrogen and oxygen atoms in total. The van der Waals surface area contributed by atoms with E-state index in [9.17, 15) is 20.0 Å². The van der Waals surface area contributed by atoms with Gasteiger partial charge in [-0.15, -0.1) is 0 Å². The molecule has 0 aromatic heterocycles. The molecule has 2 aliphatic rings. The number of benzene rings is 2. The van der Waals surface area contributed by atoms with Crippen LogP contribution in [-0.2, 0) is 16.1 Å². The number of nitrogens with zero attached hydrogens (tertiary/aromatic N) is 3. The van der Waals surface area contributed by atoms with Crippen LogP contribution in [0.4, 0.5) is 0 Å². The lowest BCUT2D eigenvalue weighted by atomic mass is 9.97. The number of hydrogen-bond acceptors (Lipinski definition) is 5. The molecular formula is C29H33N3O4. The molecule has 2 aromatic rings. The van der Waals surface area contributed by atoms with Crippen LogP contribution in [0.1, 0.15) is 76.8 Å². The minimum Gasteiger partial charge on any atom is -0.478 e. The molecule has 1 N–H and O–H groups in total. The molecule has 1 aliphatic heterocycles. The van der Waals surface area contributed by atoms with Crippen molar-refractivity contribution in [1.82, 2.24) is 4.90 Å². The Balaban J connectivity index is 1.56. The number of nitriles is 1. The molecule has 0 radical (unpaired) electrons. The van der Waals surface area contributed by atoms with Gasteiger partial charge in [0.2, 0.25) is 0 Å². The molecule has 0 bridgehead atoms. The molecule has 0 saturated heterocycles. The van der Waals surface area contributed by atoms with Crippen molar-refractivity contribution in [3.05, 3.63) is 53.6 Å². The number of ether oxygens (including phenoxy) is 1. The van der Waals surface area contributed by atoms with Gasteiger partial charge in [-0.1, -0.05) is 50.5 Å². The van der Waals surface area contributed by atoms with E-state index in [0.29, 0.717) is 23.4 Å². The predicted molar refractivity (Wildman–Crippen MR) is 138 cm³/mol. The lowest BCUT2D eigenvalue weighted by molar-refractivity contribution is -0.152. The van der Waals surface area contributed by atoms with Crippen LogP contribution in [0.25, 0.3) is 11.1 Å². The van der Waals surface area contributed by atoms with Crippen molar-refractivity contribution in [3.8, 4) is 22.9 Å². The summed E-state index contributed by atoms with van der Waals surface area (Å²) in [6.45, 7) is 5.58. The first-order valence-corrected chi connectivity index (χ1v) is 12.7. The summed E-state index contributed by atoms with van der Waals surface area (Å²) in [4.78, 5) is 31.7. The molecule has 1 heterocycles. The third kappa shape index (κ3) is 4.99. The van der Waals surface area contributed by atoms with E-state index in [2.05, 4.69) is 13.0 Å². The van der Waals surface area contributed by atoms with Crippen LogP contribution in [0.3, 0.4) is 0 Å². The van der Waals surface area contributed by atoms with E-state index >= 15 is 0 Å². The first-order chi connectivity index (χ1) is 17.2. The minimum absolute atomic E-state index is 0.132. The van der Waals surface area contributed by atoms with Gasteiger partial charge in [-0.3, -0.25) is 14.7 Å². The summed E-state index contributed by atoms with van der Waals surface area (Å²) in [5.74, 6) is 0.343. The second kappa shape index (κ2) is 10.1. The van der Waals surface area contributed by atoms with Crippen LogP contribution in [0.5, 0.6) is 5.75 Å². The highest BCUT2D eigenvalue weighted by atomic mass is 16.5. The predicted octanol–water partition coefficient (Wildman–Crippen LogP) is 5.71. The van der Waals surface area contributed by atoms with Gasteiger partial charge in [0.05, 0.1) is 18.2 Å². The first-order valence-electron chi connectivity index (χ1n) is 12.7. The second-order valence-corrected chi connectivity index (χ2v) is 10.2. The number of amidine groups is 1. The molecule has 7 heteroatoms. The van der Waals surface area contributed by atoms with Crippen LogP contribution in [0.15, 0.2) is 47.5 Å². The molecule has 1 amide bonds. The summed E-state index contributed by atoms with van der Waals surface area (Å²) in [7, 11) is 0. The summed E-state index contributed by atoms with van der Waals surface area (Å²) in [6.07, 6.45) is 6.64. The van der Waals surface area contributed by atoms with Gasteiger partial charge >= 0.3 is 5.97 Å². The molecule has 36 heavy (non-hydrogen) atoms. The Bertz CT molecular complexity index is 1220. The highest BCUT2D eigenvalue weighted by Gasteiger charge is 2.49. The Morgan fingerprint density at radius 1 is 1.19 bits per heavy atom. The van der Waals surface area contributed by atoms with Gasteiger partial charge in [-0.25, -0.2) is 4.79 Å². The number of rotatable bonds is 9. The topological polar surface area (TPSA) is 103 Å². The van der Waals surface area contributed by atoms with Crippen molar-refractivity contribution < 1.29 is 19.4 Å². The van der Waals surface area contributed by atoms with Gasteiger partial charge in [0.15, 0.2) is 5.60 Å².